The van der Waals surface area contributed by atoms with E-state index in [0.29, 0.717) is 19.1 Å². The number of carbonyl (C=O) groups is 1. The van der Waals surface area contributed by atoms with Crippen LogP contribution in [0.1, 0.15) is 32.1 Å². The molecule has 1 aliphatic carbocycles. The van der Waals surface area contributed by atoms with Gasteiger partial charge in [0.05, 0.1) is 13.0 Å². The fraction of sp³-hybridized carbons (Fsp3) is 0.458. The third kappa shape index (κ3) is 5.14. The van der Waals surface area contributed by atoms with Crippen molar-refractivity contribution in [3.05, 3.63) is 54.6 Å². The molecule has 2 aromatic rings. The second-order valence-electron chi connectivity index (χ2n) is 7.97. The Morgan fingerprint density at radius 1 is 0.964 bits per heavy atom. The predicted octanol–water partition coefficient (Wildman–Crippen LogP) is 4.11. The monoisotopic (exact) mass is 378 g/mol. The Morgan fingerprint density at radius 3 is 2.43 bits per heavy atom. The van der Waals surface area contributed by atoms with E-state index >= 15 is 0 Å². The zero-order chi connectivity index (χ0) is 19.2. The summed E-state index contributed by atoms with van der Waals surface area (Å²) in [5.74, 6) is 1.96. The van der Waals surface area contributed by atoms with Crippen LogP contribution in [0.25, 0.3) is 11.1 Å². The molecule has 28 heavy (non-hydrogen) atoms. The highest BCUT2D eigenvalue weighted by Gasteiger charge is 2.25. The number of hydrogen-bond donors (Lipinski definition) is 1. The molecule has 148 valence electrons. The Morgan fingerprint density at radius 2 is 1.68 bits per heavy atom. The van der Waals surface area contributed by atoms with Gasteiger partial charge >= 0.3 is 0 Å². The fourth-order valence-corrected chi connectivity index (χ4v) is 3.84. The lowest BCUT2D eigenvalue weighted by molar-refractivity contribution is -0.132. The predicted molar refractivity (Wildman–Crippen MR) is 112 cm³/mol. The second kappa shape index (κ2) is 9.24. The van der Waals surface area contributed by atoms with Gasteiger partial charge in [0, 0.05) is 24.7 Å². The maximum Gasteiger partial charge on any atom is 0.225 e. The number of carbonyl (C=O) groups excluding carboxylic acids is 1. The normalized spacial score (nSPS) is 17.5. The van der Waals surface area contributed by atoms with Crippen molar-refractivity contribution in [2.75, 3.05) is 26.2 Å². The van der Waals surface area contributed by atoms with Crippen LogP contribution in [-0.4, -0.2) is 43.1 Å². The van der Waals surface area contributed by atoms with Crippen molar-refractivity contribution in [2.45, 2.75) is 38.1 Å². The van der Waals surface area contributed by atoms with Crippen LogP contribution in [0.2, 0.25) is 0 Å². The van der Waals surface area contributed by atoms with E-state index in [1.807, 2.05) is 41.3 Å². The molecule has 1 heterocycles. The molecule has 0 bridgehead atoms. The third-order valence-electron chi connectivity index (χ3n) is 5.79. The van der Waals surface area contributed by atoms with Crippen LogP contribution in [0.4, 0.5) is 0 Å². The minimum absolute atomic E-state index is 0.206. The SMILES string of the molecule is O=C(CCOc1ccccc1-c1ccccc1)N1CCC(NCC2CC2)CC1. The first-order valence-corrected chi connectivity index (χ1v) is 10.6. The van der Waals surface area contributed by atoms with Crippen LogP contribution < -0.4 is 10.1 Å². The van der Waals surface area contributed by atoms with Gasteiger partial charge in [-0.3, -0.25) is 4.79 Å². The molecule has 0 aromatic heterocycles. The highest BCUT2D eigenvalue weighted by molar-refractivity contribution is 5.76. The van der Waals surface area contributed by atoms with Gasteiger partial charge in [-0.2, -0.15) is 0 Å². The molecule has 1 aliphatic heterocycles. The Kier molecular flexibility index (Phi) is 6.27. The van der Waals surface area contributed by atoms with Crippen molar-refractivity contribution in [1.82, 2.24) is 10.2 Å². The number of para-hydroxylation sites is 1. The average Bonchev–Trinajstić information content (AvgIpc) is 3.58. The lowest BCUT2D eigenvalue weighted by Crippen LogP contribution is -2.45. The number of amides is 1. The molecule has 2 fully saturated rings. The first kappa shape index (κ1) is 19.0. The van der Waals surface area contributed by atoms with Crippen LogP contribution in [0.15, 0.2) is 54.6 Å². The van der Waals surface area contributed by atoms with E-state index in [2.05, 4.69) is 23.5 Å². The van der Waals surface area contributed by atoms with Gasteiger partial charge in [-0.15, -0.1) is 0 Å². The van der Waals surface area contributed by atoms with Gasteiger partial charge in [-0.25, -0.2) is 0 Å². The van der Waals surface area contributed by atoms with Gasteiger partial charge in [0.1, 0.15) is 5.75 Å². The summed E-state index contributed by atoms with van der Waals surface area (Å²) in [5.41, 5.74) is 2.20. The van der Waals surface area contributed by atoms with Crippen LogP contribution >= 0.6 is 0 Å². The van der Waals surface area contributed by atoms with E-state index in [-0.39, 0.29) is 5.91 Å². The Balaban J connectivity index is 1.23. The number of nitrogens with zero attached hydrogens (tertiary/aromatic N) is 1. The molecule has 0 spiro atoms. The molecular formula is C24H30N2O2. The van der Waals surface area contributed by atoms with E-state index in [1.54, 1.807) is 0 Å². The van der Waals surface area contributed by atoms with Gasteiger partial charge in [-0.1, -0.05) is 48.5 Å². The van der Waals surface area contributed by atoms with Gasteiger partial charge in [0.2, 0.25) is 5.91 Å². The van der Waals surface area contributed by atoms with Crippen molar-refractivity contribution >= 4 is 5.91 Å². The highest BCUT2D eigenvalue weighted by atomic mass is 16.5. The largest absolute Gasteiger partial charge is 0.492 e. The summed E-state index contributed by atoms with van der Waals surface area (Å²) >= 11 is 0. The zero-order valence-electron chi connectivity index (χ0n) is 16.5. The van der Waals surface area contributed by atoms with E-state index in [1.165, 1.54) is 12.8 Å². The molecule has 4 heteroatoms. The smallest absolute Gasteiger partial charge is 0.225 e. The van der Waals surface area contributed by atoms with Crippen LogP contribution in [0.5, 0.6) is 5.75 Å². The van der Waals surface area contributed by atoms with Crippen molar-refractivity contribution < 1.29 is 9.53 Å². The molecule has 2 aromatic carbocycles. The number of ether oxygens (including phenoxy) is 1. The maximum atomic E-state index is 12.6. The summed E-state index contributed by atoms with van der Waals surface area (Å²) in [4.78, 5) is 14.6. The molecule has 1 saturated carbocycles. The van der Waals surface area contributed by atoms with Crippen molar-refractivity contribution in [3.63, 3.8) is 0 Å². The molecule has 1 amide bonds. The second-order valence-corrected chi connectivity index (χ2v) is 7.97. The molecular weight excluding hydrogens is 348 g/mol. The number of hydrogen-bond acceptors (Lipinski definition) is 3. The van der Waals surface area contributed by atoms with E-state index in [9.17, 15) is 4.79 Å². The summed E-state index contributed by atoms with van der Waals surface area (Å²) < 4.78 is 5.99. The quantitative estimate of drug-likeness (QED) is 0.751. The topological polar surface area (TPSA) is 41.6 Å². The Hall–Kier alpha value is -2.33. The standard InChI is InChI=1S/C24H30N2O2/c27-24(26-15-12-21(13-16-26)25-18-19-10-11-19)14-17-28-23-9-5-4-8-22(23)20-6-2-1-3-7-20/h1-9,19,21,25H,10-18H2. The summed E-state index contributed by atoms with van der Waals surface area (Å²) in [6, 6.07) is 18.8. The highest BCUT2D eigenvalue weighted by Crippen LogP contribution is 2.30. The van der Waals surface area contributed by atoms with E-state index in [0.717, 1.165) is 55.3 Å². The van der Waals surface area contributed by atoms with Crippen LogP contribution in [-0.2, 0) is 4.79 Å². The molecule has 0 atom stereocenters. The molecule has 1 saturated heterocycles. The molecule has 1 N–H and O–H groups in total. The van der Waals surface area contributed by atoms with Crippen LogP contribution in [0.3, 0.4) is 0 Å². The third-order valence-corrected chi connectivity index (χ3v) is 5.79. The van der Waals surface area contributed by atoms with Crippen molar-refractivity contribution in [3.8, 4) is 16.9 Å². The van der Waals surface area contributed by atoms with Crippen LogP contribution in [0, 0.1) is 5.92 Å². The molecule has 0 unspecified atom stereocenters. The minimum atomic E-state index is 0.206. The number of rotatable bonds is 8. The maximum absolute atomic E-state index is 12.6. The number of nitrogens with one attached hydrogen (secondary N) is 1. The fourth-order valence-electron chi connectivity index (χ4n) is 3.84. The molecule has 0 radical (unpaired) electrons. The van der Waals surface area contributed by atoms with E-state index < -0.39 is 0 Å². The molecule has 4 rings (SSSR count). The van der Waals surface area contributed by atoms with Gasteiger partial charge < -0.3 is 15.0 Å². The average molecular weight is 379 g/mol. The summed E-state index contributed by atoms with van der Waals surface area (Å²) in [5, 5.41) is 3.67. The number of piperidine rings is 1. The van der Waals surface area contributed by atoms with Gasteiger partial charge in [0.25, 0.3) is 0 Å². The van der Waals surface area contributed by atoms with Crippen molar-refractivity contribution in [1.29, 1.82) is 0 Å². The lowest BCUT2D eigenvalue weighted by atomic mass is 10.0. The summed E-state index contributed by atoms with van der Waals surface area (Å²) in [7, 11) is 0. The van der Waals surface area contributed by atoms with Gasteiger partial charge in [0.15, 0.2) is 0 Å². The van der Waals surface area contributed by atoms with Gasteiger partial charge in [-0.05, 0) is 49.8 Å². The molecule has 4 nitrogen and oxygen atoms in total. The minimum Gasteiger partial charge on any atom is -0.492 e. The van der Waals surface area contributed by atoms with Crippen molar-refractivity contribution in [2.24, 2.45) is 5.92 Å². The first-order valence-electron chi connectivity index (χ1n) is 10.6. The summed E-state index contributed by atoms with van der Waals surface area (Å²) in [6.07, 6.45) is 5.34. The summed E-state index contributed by atoms with van der Waals surface area (Å²) in [6.45, 7) is 3.30. The first-order chi connectivity index (χ1) is 13.8. The Labute approximate surface area is 167 Å². The number of likely N-dealkylation sites (tertiary alicyclic amines) is 1. The van der Waals surface area contributed by atoms with E-state index in [4.69, 9.17) is 4.74 Å². The number of benzene rings is 2. The molecule has 2 aliphatic rings. The Bertz CT molecular complexity index is 765. The zero-order valence-corrected chi connectivity index (χ0v) is 16.5. The lowest BCUT2D eigenvalue weighted by Gasteiger charge is -2.32.